The van der Waals surface area contributed by atoms with Crippen molar-refractivity contribution in [2.24, 2.45) is 0 Å². The third-order valence-corrected chi connectivity index (χ3v) is 4.59. The van der Waals surface area contributed by atoms with Crippen molar-refractivity contribution in [3.8, 4) is 0 Å². The van der Waals surface area contributed by atoms with E-state index < -0.39 is 21.7 Å². The van der Waals surface area contributed by atoms with Gasteiger partial charge in [0.15, 0.2) is 0 Å². The van der Waals surface area contributed by atoms with Gasteiger partial charge < -0.3 is 10.6 Å². The molecule has 10 nitrogen and oxygen atoms in total. The molecule has 0 heterocycles. The third-order valence-electron chi connectivity index (χ3n) is 3.99. The normalized spacial score (nSPS) is 10.3. The number of hydrogen-bond donors (Lipinski definition) is 2. The molecular weight excluding hydrogens is 439 g/mol. The summed E-state index contributed by atoms with van der Waals surface area (Å²) in [4.78, 5) is 44.3. The highest BCUT2D eigenvalue weighted by molar-refractivity contribution is 6.33. The van der Waals surface area contributed by atoms with Crippen LogP contribution >= 0.6 is 23.2 Å². The lowest BCUT2D eigenvalue weighted by molar-refractivity contribution is -0.384. The first-order valence-corrected chi connectivity index (χ1v) is 9.40. The quantitative estimate of drug-likeness (QED) is 0.335. The highest BCUT2D eigenvalue weighted by atomic mass is 35.5. The number of nitro benzene ring substituents is 2. The van der Waals surface area contributed by atoms with Crippen molar-refractivity contribution in [1.82, 2.24) is 10.6 Å². The Hall–Kier alpha value is -3.24. The maximum absolute atomic E-state index is 12.0. The summed E-state index contributed by atoms with van der Waals surface area (Å²) in [5.41, 5.74) is -0.153. The second-order valence-electron chi connectivity index (χ2n) is 6.07. The van der Waals surface area contributed by atoms with Crippen molar-refractivity contribution in [3.63, 3.8) is 0 Å². The molecule has 0 fully saturated rings. The fraction of sp³-hybridized carbons (Fsp3) is 0.222. The molecule has 2 aromatic rings. The number of hydrogen-bond acceptors (Lipinski definition) is 6. The Morgan fingerprint density at radius 3 is 1.43 bits per heavy atom. The number of benzene rings is 2. The lowest BCUT2D eigenvalue weighted by atomic mass is 10.2. The van der Waals surface area contributed by atoms with E-state index in [0.29, 0.717) is 25.9 Å². The van der Waals surface area contributed by atoms with Crippen molar-refractivity contribution in [3.05, 3.63) is 77.8 Å². The molecule has 0 unspecified atom stereocenters. The van der Waals surface area contributed by atoms with Gasteiger partial charge in [-0.2, -0.15) is 0 Å². The van der Waals surface area contributed by atoms with Crippen LogP contribution in [0.15, 0.2) is 36.4 Å². The molecule has 0 saturated carbocycles. The molecular formula is C18H16Cl2N4O6. The summed E-state index contributed by atoms with van der Waals surface area (Å²) in [6, 6.07) is 7.41. The fourth-order valence-electron chi connectivity index (χ4n) is 2.45. The van der Waals surface area contributed by atoms with Gasteiger partial charge in [0.1, 0.15) is 10.0 Å². The number of halogens is 2. The van der Waals surface area contributed by atoms with Crippen LogP contribution in [0.1, 0.15) is 33.6 Å². The molecule has 0 saturated heterocycles. The molecule has 0 bridgehead atoms. The lowest BCUT2D eigenvalue weighted by Crippen LogP contribution is -2.27. The SMILES string of the molecule is O=C(NCCCCNC(=O)c1ccc([N+](=O)[O-])c(Cl)c1)c1ccc([N+](=O)[O-])c(Cl)c1. The number of carbonyl (C=O) groups excluding carboxylic acids is 2. The van der Waals surface area contributed by atoms with E-state index in [1.54, 1.807) is 0 Å². The van der Waals surface area contributed by atoms with Gasteiger partial charge in [0, 0.05) is 36.3 Å². The van der Waals surface area contributed by atoms with E-state index in [4.69, 9.17) is 23.2 Å². The minimum absolute atomic E-state index is 0.123. The molecule has 0 aliphatic rings. The Morgan fingerprint density at radius 2 is 1.13 bits per heavy atom. The predicted octanol–water partition coefficient (Wildman–Crippen LogP) is 3.75. The molecule has 2 N–H and O–H groups in total. The first-order chi connectivity index (χ1) is 14.2. The minimum Gasteiger partial charge on any atom is -0.352 e. The zero-order valence-corrected chi connectivity index (χ0v) is 16.9. The molecule has 0 aliphatic heterocycles. The minimum atomic E-state index is -0.636. The van der Waals surface area contributed by atoms with Gasteiger partial charge in [-0.25, -0.2) is 0 Å². The van der Waals surface area contributed by atoms with E-state index >= 15 is 0 Å². The number of amides is 2. The maximum Gasteiger partial charge on any atom is 0.287 e. The summed E-state index contributed by atoms with van der Waals surface area (Å²) in [7, 11) is 0. The van der Waals surface area contributed by atoms with Gasteiger partial charge in [-0.15, -0.1) is 0 Å². The van der Waals surface area contributed by atoms with Gasteiger partial charge in [-0.3, -0.25) is 29.8 Å². The van der Waals surface area contributed by atoms with Crippen LogP contribution in [-0.2, 0) is 0 Å². The highest BCUT2D eigenvalue weighted by Crippen LogP contribution is 2.25. The second-order valence-corrected chi connectivity index (χ2v) is 6.88. The summed E-state index contributed by atoms with van der Waals surface area (Å²) in [5, 5.41) is 26.5. The van der Waals surface area contributed by atoms with Crippen LogP contribution in [0.2, 0.25) is 10.0 Å². The molecule has 12 heteroatoms. The average Bonchev–Trinajstić information content (AvgIpc) is 2.69. The number of carbonyl (C=O) groups is 2. The zero-order valence-electron chi connectivity index (χ0n) is 15.4. The summed E-state index contributed by atoms with van der Waals surface area (Å²) in [6.45, 7) is 0.652. The maximum atomic E-state index is 12.0. The Labute approximate surface area is 180 Å². The van der Waals surface area contributed by atoms with E-state index in [2.05, 4.69) is 10.6 Å². The standard InChI is InChI=1S/C18H16Cl2N4O6/c19-13-9-11(3-5-15(13)23(27)28)17(25)21-7-1-2-8-22-18(26)12-4-6-16(24(29)30)14(20)10-12/h3-6,9-10H,1-2,7-8H2,(H,21,25)(H,22,26). The van der Waals surface area contributed by atoms with Crippen LogP contribution in [0.5, 0.6) is 0 Å². The van der Waals surface area contributed by atoms with E-state index in [0.717, 1.165) is 12.1 Å². The number of unbranched alkanes of at least 4 members (excludes halogenated alkanes) is 1. The van der Waals surface area contributed by atoms with Crippen LogP contribution in [-0.4, -0.2) is 34.8 Å². The Bertz CT molecular complexity index is 919. The van der Waals surface area contributed by atoms with E-state index in [1.165, 1.54) is 24.3 Å². The molecule has 30 heavy (non-hydrogen) atoms. The molecule has 0 atom stereocenters. The molecule has 2 amide bonds. The van der Waals surface area contributed by atoms with Gasteiger partial charge >= 0.3 is 0 Å². The lowest BCUT2D eigenvalue weighted by Gasteiger charge is -2.07. The third kappa shape index (κ3) is 6.13. The number of nitrogens with one attached hydrogen (secondary N) is 2. The summed E-state index contributed by atoms with van der Waals surface area (Å²) >= 11 is 11.6. The van der Waals surface area contributed by atoms with Crippen LogP contribution in [0.3, 0.4) is 0 Å². The van der Waals surface area contributed by atoms with Crippen LogP contribution < -0.4 is 10.6 Å². The van der Waals surface area contributed by atoms with Gasteiger partial charge in [0.25, 0.3) is 23.2 Å². The molecule has 2 aromatic carbocycles. The van der Waals surface area contributed by atoms with E-state index in [9.17, 15) is 29.8 Å². The Morgan fingerprint density at radius 1 is 0.767 bits per heavy atom. The van der Waals surface area contributed by atoms with E-state index in [-0.39, 0.29) is 32.5 Å². The Kier molecular flexibility index (Phi) is 8.07. The summed E-state index contributed by atoms with van der Waals surface area (Å²) in [5.74, 6) is -0.840. The molecule has 0 aromatic heterocycles. The smallest absolute Gasteiger partial charge is 0.287 e. The number of nitrogens with zero attached hydrogens (tertiary/aromatic N) is 2. The first kappa shape index (κ1) is 23.0. The fourth-order valence-corrected chi connectivity index (χ4v) is 2.95. The molecule has 158 valence electrons. The second kappa shape index (κ2) is 10.5. The predicted molar refractivity (Wildman–Crippen MR) is 110 cm³/mol. The molecule has 0 spiro atoms. The van der Waals surface area contributed by atoms with Gasteiger partial charge in [0.2, 0.25) is 0 Å². The Balaban J connectivity index is 1.73. The number of rotatable bonds is 9. The molecule has 0 aliphatic carbocycles. The van der Waals surface area contributed by atoms with Crippen molar-refractivity contribution < 1.29 is 19.4 Å². The summed E-state index contributed by atoms with van der Waals surface area (Å²) in [6.07, 6.45) is 1.13. The average molecular weight is 455 g/mol. The van der Waals surface area contributed by atoms with Gasteiger partial charge in [-0.1, -0.05) is 23.2 Å². The first-order valence-electron chi connectivity index (χ1n) is 8.65. The van der Waals surface area contributed by atoms with Crippen LogP contribution in [0.4, 0.5) is 11.4 Å². The summed E-state index contributed by atoms with van der Waals surface area (Å²) < 4.78 is 0. The molecule has 0 radical (unpaired) electrons. The number of nitro groups is 2. The van der Waals surface area contributed by atoms with Crippen LogP contribution in [0.25, 0.3) is 0 Å². The van der Waals surface area contributed by atoms with E-state index in [1.807, 2.05) is 0 Å². The molecule has 2 rings (SSSR count). The van der Waals surface area contributed by atoms with Crippen molar-refractivity contribution in [1.29, 1.82) is 0 Å². The van der Waals surface area contributed by atoms with Crippen LogP contribution in [0, 0.1) is 20.2 Å². The zero-order chi connectivity index (χ0) is 22.3. The highest BCUT2D eigenvalue weighted by Gasteiger charge is 2.16. The van der Waals surface area contributed by atoms with Gasteiger partial charge in [-0.05, 0) is 37.1 Å². The van der Waals surface area contributed by atoms with Crippen molar-refractivity contribution >= 4 is 46.4 Å². The largest absolute Gasteiger partial charge is 0.352 e. The van der Waals surface area contributed by atoms with Crippen molar-refractivity contribution in [2.45, 2.75) is 12.8 Å². The van der Waals surface area contributed by atoms with Gasteiger partial charge in [0.05, 0.1) is 9.85 Å². The van der Waals surface area contributed by atoms with Crippen molar-refractivity contribution in [2.75, 3.05) is 13.1 Å². The monoisotopic (exact) mass is 454 g/mol. The topological polar surface area (TPSA) is 144 Å².